The number of aryl methyl sites for hydroxylation is 2. The fraction of sp³-hybridized carbons (Fsp3) is 0.379. The van der Waals surface area contributed by atoms with E-state index in [4.69, 9.17) is 0 Å². The Morgan fingerprint density at radius 3 is 1.97 bits per heavy atom. The van der Waals surface area contributed by atoms with Crippen LogP contribution in [0.15, 0.2) is 65.6 Å². The number of benzene rings is 2. The second kappa shape index (κ2) is 10.8. The number of nitrogens with zero attached hydrogens (tertiary/aromatic N) is 4. The molecule has 0 radical (unpaired) electrons. The lowest BCUT2D eigenvalue weighted by molar-refractivity contribution is -0.179. The lowest BCUT2D eigenvalue weighted by Crippen LogP contribution is -2.66. The zero-order chi connectivity index (χ0) is 28.6. The van der Waals surface area contributed by atoms with Gasteiger partial charge in [-0.1, -0.05) is 48.5 Å². The summed E-state index contributed by atoms with van der Waals surface area (Å²) in [6.07, 6.45) is -4.29. The first-order valence-electron chi connectivity index (χ1n) is 12.7. The number of hydrogen-bond donors (Lipinski definition) is 1. The Hall–Kier alpha value is -3.79. The summed E-state index contributed by atoms with van der Waals surface area (Å²) in [6.45, 7) is 5.16. The van der Waals surface area contributed by atoms with Crippen molar-refractivity contribution < 1.29 is 23.1 Å². The molecule has 39 heavy (non-hydrogen) atoms. The van der Waals surface area contributed by atoms with Crippen molar-refractivity contribution in [2.24, 2.45) is 0 Å². The van der Waals surface area contributed by atoms with E-state index in [-0.39, 0.29) is 6.42 Å². The van der Waals surface area contributed by atoms with Crippen LogP contribution in [-0.2, 0) is 0 Å². The molecule has 0 aliphatic carbocycles. The average molecular weight is 543 g/mol. The molecule has 2 heterocycles. The van der Waals surface area contributed by atoms with Gasteiger partial charge in [0.25, 0.3) is 5.91 Å². The molecule has 0 spiro atoms. The van der Waals surface area contributed by atoms with Crippen molar-refractivity contribution in [1.82, 2.24) is 14.5 Å². The molecule has 1 N–H and O–H groups in total. The summed E-state index contributed by atoms with van der Waals surface area (Å²) in [5.41, 5.74) is 2.10. The predicted molar refractivity (Wildman–Crippen MR) is 143 cm³/mol. The zero-order valence-electron chi connectivity index (χ0n) is 22.6. The molecular weight excluding hydrogens is 509 g/mol. The molecule has 2 atom stereocenters. The third-order valence-corrected chi connectivity index (χ3v) is 7.32. The van der Waals surface area contributed by atoms with Crippen LogP contribution in [0.5, 0.6) is 5.75 Å². The second-order valence-corrected chi connectivity index (χ2v) is 10.2. The molecular formula is C29H33F3N4O3. The normalized spacial score (nSPS) is 16.7. The highest BCUT2D eigenvalue weighted by Gasteiger charge is 2.51. The first-order valence-corrected chi connectivity index (χ1v) is 12.7. The molecule has 2 aromatic carbocycles. The number of amides is 1. The lowest BCUT2D eigenvalue weighted by atomic mass is 9.90. The second-order valence-electron chi connectivity index (χ2n) is 10.2. The van der Waals surface area contributed by atoms with Gasteiger partial charge >= 0.3 is 6.18 Å². The van der Waals surface area contributed by atoms with Gasteiger partial charge in [0, 0.05) is 25.2 Å². The number of aromatic hydroxyl groups is 1. The average Bonchev–Trinajstić information content (AvgIpc) is 2.87. The van der Waals surface area contributed by atoms with Gasteiger partial charge in [0.05, 0.1) is 6.04 Å². The first-order chi connectivity index (χ1) is 18.3. The Balaban J connectivity index is 2.11. The minimum Gasteiger partial charge on any atom is -0.502 e. The van der Waals surface area contributed by atoms with E-state index < -0.39 is 47.2 Å². The number of carbonyl (C=O) groups is 1. The minimum atomic E-state index is -4.74. The molecule has 1 amide bonds. The zero-order valence-corrected chi connectivity index (χ0v) is 22.6. The van der Waals surface area contributed by atoms with Gasteiger partial charge in [-0.15, -0.1) is 0 Å². The van der Waals surface area contributed by atoms with Crippen molar-refractivity contribution in [3.05, 3.63) is 99.0 Å². The van der Waals surface area contributed by atoms with E-state index >= 15 is 0 Å². The van der Waals surface area contributed by atoms with E-state index in [1.165, 1.54) is 10.9 Å². The van der Waals surface area contributed by atoms with Crippen LogP contribution >= 0.6 is 0 Å². The van der Waals surface area contributed by atoms with Gasteiger partial charge in [0.15, 0.2) is 11.4 Å². The van der Waals surface area contributed by atoms with Gasteiger partial charge < -0.3 is 14.9 Å². The molecule has 10 heteroatoms. The van der Waals surface area contributed by atoms with Gasteiger partial charge in [0.1, 0.15) is 12.2 Å². The van der Waals surface area contributed by atoms with E-state index in [0.717, 1.165) is 40.1 Å². The summed E-state index contributed by atoms with van der Waals surface area (Å²) in [5, 5.41) is 12.5. The van der Waals surface area contributed by atoms with Crippen LogP contribution in [0.4, 0.5) is 13.2 Å². The number of fused-ring (bicyclic) bond motifs is 1. The number of halogens is 3. The van der Waals surface area contributed by atoms with Crippen LogP contribution in [0.25, 0.3) is 0 Å². The van der Waals surface area contributed by atoms with Crippen molar-refractivity contribution in [2.45, 2.75) is 51.6 Å². The van der Waals surface area contributed by atoms with Crippen molar-refractivity contribution in [3.8, 4) is 5.75 Å². The van der Waals surface area contributed by atoms with Gasteiger partial charge in [-0.3, -0.25) is 19.3 Å². The summed E-state index contributed by atoms with van der Waals surface area (Å²) in [6, 6.07) is 13.4. The van der Waals surface area contributed by atoms with Crippen molar-refractivity contribution in [3.63, 3.8) is 0 Å². The van der Waals surface area contributed by atoms with E-state index in [1.807, 2.05) is 81.4 Å². The Bertz CT molecular complexity index is 1370. The van der Waals surface area contributed by atoms with Crippen molar-refractivity contribution in [2.75, 3.05) is 25.6 Å². The molecule has 1 aliphatic heterocycles. The largest absolute Gasteiger partial charge is 0.502 e. The molecule has 0 fully saturated rings. The molecule has 1 aliphatic rings. The maximum Gasteiger partial charge on any atom is 0.408 e. The fourth-order valence-corrected chi connectivity index (χ4v) is 5.21. The number of alkyl halides is 3. The summed E-state index contributed by atoms with van der Waals surface area (Å²) >= 11 is 0. The maximum absolute atomic E-state index is 14.3. The van der Waals surface area contributed by atoms with Gasteiger partial charge in [-0.2, -0.15) is 13.2 Å². The third-order valence-electron chi connectivity index (χ3n) is 7.32. The minimum absolute atomic E-state index is 0.166. The molecule has 4 rings (SSSR count). The van der Waals surface area contributed by atoms with Gasteiger partial charge in [-0.05, 0) is 57.1 Å². The highest BCUT2D eigenvalue weighted by Crippen LogP contribution is 2.40. The van der Waals surface area contributed by atoms with Crippen LogP contribution in [0.3, 0.4) is 0 Å². The first kappa shape index (κ1) is 28.2. The molecule has 0 saturated heterocycles. The van der Waals surface area contributed by atoms with E-state index in [2.05, 4.69) is 0 Å². The molecule has 7 nitrogen and oxygen atoms in total. The molecule has 0 bridgehead atoms. The highest BCUT2D eigenvalue weighted by molar-refractivity contribution is 5.96. The number of carbonyl (C=O) groups excluding carboxylic acids is 1. The van der Waals surface area contributed by atoms with Gasteiger partial charge in [-0.25, -0.2) is 0 Å². The van der Waals surface area contributed by atoms with Crippen LogP contribution in [0.2, 0.25) is 0 Å². The lowest BCUT2D eigenvalue weighted by Gasteiger charge is -2.52. The Morgan fingerprint density at radius 2 is 1.49 bits per heavy atom. The topological polar surface area (TPSA) is 69.0 Å². The van der Waals surface area contributed by atoms with Crippen LogP contribution in [0.1, 0.15) is 52.1 Å². The van der Waals surface area contributed by atoms with E-state index in [9.17, 15) is 27.9 Å². The Kier molecular flexibility index (Phi) is 7.79. The summed E-state index contributed by atoms with van der Waals surface area (Å²) in [7, 11) is 3.62. The smallest absolute Gasteiger partial charge is 0.408 e. The number of hydrogen-bond acceptors (Lipinski definition) is 5. The quantitative estimate of drug-likeness (QED) is 0.473. The van der Waals surface area contributed by atoms with E-state index in [0.29, 0.717) is 6.54 Å². The number of aromatic nitrogens is 1. The van der Waals surface area contributed by atoms with E-state index in [1.54, 1.807) is 5.01 Å². The third kappa shape index (κ3) is 5.25. The van der Waals surface area contributed by atoms with Crippen LogP contribution < -0.4 is 10.4 Å². The summed E-state index contributed by atoms with van der Waals surface area (Å²) < 4.78 is 44.2. The fourth-order valence-electron chi connectivity index (χ4n) is 5.21. The molecule has 208 valence electrons. The SMILES string of the molecule is Cc1ccccc1C(c1ccccc1C)N1C(CCN(C)C)N(C(C)C(F)(F)F)C(=O)c2c(O)c(=O)ccn21. The summed E-state index contributed by atoms with van der Waals surface area (Å²) in [4.78, 5) is 28.8. The number of pyridine rings is 1. The predicted octanol–water partition coefficient (Wildman–Crippen LogP) is 4.58. The molecule has 0 saturated carbocycles. The standard InChI is InChI=1S/C29H33F3N4O3/c1-18-10-6-8-12-21(18)25(22-13-9-7-11-19(22)2)36-24(15-16-33(4)5)35(20(3)29(30,31)32)28(39)26-27(38)23(37)14-17-34(26)36/h6-14,17,20,24-25,38H,15-16H2,1-5H3. The van der Waals surface area contributed by atoms with Crippen LogP contribution in [-0.4, -0.2) is 64.5 Å². The molecule has 3 aromatic rings. The highest BCUT2D eigenvalue weighted by atomic mass is 19.4. The monoisotopic (exact) mass is 542 g/mol. The molecule has 2 unspecified atom stereocenters. The van der Waals surface area contributed by atoms with Gasteiger partial charge in [0.2, 0.25) is 5.43 Å². The Morgan fingerprint density at radius 1 is 0.949 bits per heavy atom. The summed E-state index contributed by atoms with van der Waals surface area (Å²) in [5.74, 6) is -1.94. The Labute approximate surface area is 225 Å². The maximum atomic E-state index is 14.3. The van der Waals surface area contributed by atoms with Crippen molar-refractivity contribution in [1.29, 1.82) is 0 Å². The molecule has 1 aromatic heterocycles. The van der Waals surface area contributed by atoms with Crippen molar-refractivity contribution >= 4 is 5.91 Å². The number of rotatable bonds is 7. The van der Waals surface area contributed by atoms with Crippen LogP contribution in [0, 0.1) is 13.8 Å².